The smallest absolute Gasteiger partial charge is 0.246 e. The van der Waals surface area contributed by atoms with E-state index in [1.807, 2.05) is 24.3 Å². The molecule has 1 atom stereocenters. The van der Waals surface area contributed by atoms with Gasteiger partial charge in [0, 0.05) is 34.3 Å². The number of benzene rings is 1. The fraction of sp³-hybridized carbons (Fsp3) is 0.0833. The lowest BCUT2D eigenvalue weighted by molar-refractivity contribution is -0.117. The van der Waals surface area contributed by atoms with E-state index in [1.54, 1.807) is 6.20 Å². The van der Waals surface area contributed by atoms with Crippen LogP contribution in [0.1, 0.15) is 5.56 Å². The Morgan fingerprint density at radius 1 is 1.25 bits per heavy atom. The monoisotopic (exact) mass is 214 g/mol. The van der Waals surface area contributed by atoms with Crippen molar-refractivity contribution in [3.05, 3.63) is 42.1 Å². The number of nitrogens with one attached hydrogen (secondary N) is 2. The number of aromatic amines is 1. The number of carbonyl (C=O) groups excluding carboxylic acids is 1. The molecule has 80 valence electrons. The second kappa shape index (κ2) is 3.21. The van der Waals surface area contributed by atoms with Crippen molar-refractivity contribution >= 4 is 22.4 Å². The van der Waals surface area contributed by atoms with Crippen LogP contribution in [0.3, 0.4) is 0 Å². The van der Waals surface area contributed by atoms with Crippen LogP contribution in [0.15, 0.2) is 36.5 Å². The van der Waals surface area contributed by atoms with Gasteiger partial charge in [-0.1, -0.05) is 18.2 Å². The van der Waals surface area contributed by atoms with Gasteiger partial charge in [-0.3, -0.25) is 4.79 Å². The topological polar surface area (TPSA) is 65.1 Å². The molecule has 0 fully saturated rings. The normalized spacial score (nSPS) is 19.9. The van der Waals surface area contributed by atoms with E-state index in [1.165, 1.54) is 6.08 Å². The van der Waals surface area contributed by atoms with Crippen molar-refractivity contribution in [2.45, 2.75) is 6.23 Å². The molecule has 1 aromatic carbocycles. The molecule has 1 amide bonds. The Morgan fingerprint density at radius 3 is 2.81 bits per heavy atom. The molecule has 4 nitrogen and oxygen atoms in total. The highest BCUT2D eigenvalue weighted by Crippen LogP contribution is 2.28. The molecule has 2 aromatic rings. The highest BCUT2D eigenvalue weighted by Gasteiger charge is 2.24. The molecular formula is C12H10N2O2. The van der Waals surface area contributed by atoms with Crippen LogP contribution in [0, 0.1) is 0 Å². The van der Waals surface area contributed by atoms with Gasteiger partial charge in [0.2, 0.25) is 5.91 Å². The van der Waals surface area contributed by atoms with Crippen molar-refractivity contribution in [3.63, 3.8) is 0 Å². The molecule has 0 saturated carbocycles. The summed E-state index contributed by atoms with van der Waals surface area (Å²) in [6, 6.07) is 7.77. The van der Waals surface area contributed by atoms with E-state index in [0.29, 0.717) is 5.57 Å². The summed E-state index contributed by atoms with van der Waals surface area (Å²) < 4.78 is 0. The summed E-state index contributed by atoms with van der Waals surface area (Å²) in [7, 11) is 0. The summed E-state index contributed by atoms with van der Waals surface area (Å²) in [6.45, 7) is 0. The number of rotatable bonds is 1. The highest BCUT2D eigenvalue weighted by molar-refractivity contribution is 6.05. The molecule has 0 radical (unpaired) electrons. The number of aromatic nitrogens is 1. The summed E-state index contributed by atoms with van der Waals surface area (Å²) in [5.41, 5.74) is 2.47. The number of hydrogen-bond donors (Lipinski definition) is 3. The van der Waals surface area contributed by atoms with Crippen LogP contribution in [0.2, 0.25) is 0 Å². The molecule has 16 heavy (non-hydrogen) atoms. The van der Waals surface area contributed by atoms with Crippen LogP contribution in [0.25, 0.3) is 16.5 Å². The SMILES string of the molecule is O=C1C=C(c2c[nH]c3ccccc23)C(O)N1. The van der Waals surface area contributed by atoms with E-state index >= 15 is 0 Å². The molecule has 1 aliphatic rings. The number of aliphatic hydroxyl groups is 1. The lowest BCUT2D eigenvalue weighted by Gasteiger charge is -2.06. The average Bonchev–Trinajstić information content (AvgIpc) is 2.81. The largest absolute Gasteiger partial charge is 0.369 e. The molecule has 2 heterocycles. The predicted octanol–water partition coefficient (Wildman–Crippen LogP) is 0.999. The van der Waals surface area contributed by atoms with Crippen LogP contribution in [-0.2, 0) is 4.79 Å². The first-order valence-electron chi connectivity index (χ1n) is 5.02. The van der Waals surface area contributed by atoms with Crippen LogP contribution >= 0.6 is 0 Å². The molecule has 4 heteroatoms. The highest BCUT2D eigenvalue weighted by atomic mass is 16.3. The predicted molar refractivity (Wildman–Crippen MR) is 60.4 cm³/mol. The van der Waals surface area contributed by atoms with Gasteiger partial charge in [-0.05, 0) is 6.07 Å². The number of carbonyl (C=O) groups is 1. The summed E-state index contributed by atoms with van der Waals surface area (Å²) in [5.74, 6) is -0.257. The van der Waals surface area contributed by atoms with Crippen molar-refractivity contribution in [1.82, 2.24) is 10.3 Å². The number of aliphatic hydroxyl groups excluding tert-OH is 1. The molecule has 0 spiro atoms. The van der Waals surface area contributed by atoms with Gasteiger partial charge in [0.25, 0.3) is 0 Å². The van der Waals surface area contributed by atoms with Crippen molar-refractivity contribution in [2.75, 3.05) is 0 Å². The van der Waals surface area contributed by atoms with Crippen LogP contribution in [-0.4, -0.2) is 22.2 Å². The van der Waals surface area contributed by atoms with Gasteiger partial charge in [-0.25, -0.2) is 0 Å². The third-order valence-electron chi connectivity index (χ3n) is 2.76. The number of H-pyrrole nitrogens is 1. The molecular weight excluding hydrogens is 204 g/mol. The third-order valence-corrected chi connectivity index (χ3v) is 2.76. The van der Waals surface area contributed by atoms with Crippen LogP contribution in [0.5, 0.6) is 0 Å². The number of fused-ring (bicyclic) bond motifs is 1. The lowest BCUT2D eigenvalue weighted by Crippen LogP contribution is -2.27. The zero-order valence-electron chi connectivity index (χ0n) is 8.40. The van der Waals surface area contributed by atoms with Crippen molar-refractivity contribution < 1.29 is 9.90 Å². The molecule has 0 aliphatic carbocycles. The van der Waals surface area contributed by atoms with Crippen molar-refractivity contribution in [1.29, 1.82) is 0 Å². The van der Waals surface area contributed by atoms with Gasteiger partial charge >= 0.3 is 0 Å². The molecule has 1 unspecified atom stereocenters. The second-order valence-electron chi connectivity index (χ2n) is 3.76. The molecule has 3 N–H and O–H groups in total. The maximum atomic E-state index is 11.1. The standard InChI is InChI=1S/C12H10N2O2/c15-11-5-8(12(16)14-11)9-6-13-10-4-2-1-3-7(9)10/h1-6,12-13,16H,(H,14,15). The zero-order chi connectivity index (χ0) is 11.1. The Balaban J connectivity index is 2.20. The molecule has 1 aliphatic heterocycles. The minimum atomic E-state index is -0.910. The quantitative estimate of drug-likeness (QED) is 0.663. The van der Waals surface area contributed by atoms with E-state index in [-0.39, 0.29) is 5.91 Å². The number of para-hydroxylation sites is 1. The maximum Gasteiger partial charge on any atom is 0.246 e. The fourth-order valence-electron chi connectivity index (χ4n) is 2.01. The van der Waals surface area contributed by atoms with Gasteiger partial charge in [-0.15, -0.1) is 0 Å². The fourth-order valence-corrected chi connectivity index (χ4v) is 2.01. The Bertz CT molecular complexity index is 598. The van der Waals surface area contributed by atoms with E-state index in [0.717, 1.165) is 16.5 Å². The first-order chi connectivity index (χ1) is 7.75. The minimum Gasteiger partial charge on any atom is -0.369 e. The number of hydrogen-bond acceptors (Lipinski definition) is 2. The average molecular weight is 214 g/mol. The van der Waals surface area contributed by atoms with Gasteiger partial charge in [0.1, 0.15) is 0 Å². The van der Waals surface area contributed by atoms with Gasteiger partial charge in [0.15, 0.2) is 6.23 Å². The Hall–Kier alpha value is -2.07. The van der Waals surface area contributed by atoms with E-state index in [4.69, 9.17) is 0 Å². The van der Waals surface area contributed by atoms with Crippen LogP contribution in [0.4, 0.5) is 0 Å². The number of amides is 1. The van der Waals surface area contributed by atoms with Gasteiger partial charge in [-0.2, -0.15) is 0 Å². The third kappa shape index (κ3) is 1.24. The van der Waals surface area contributed by atoms with E-state index < -0.39 is 6.23 Å². The van der Waals surface area contributed by atoms with Gasteiger partial charge in [0.05, 0.1) is 0 Å². The van der Waals surface area contributed by atoms with Crippen molar-refractivity contribution in [3.8, 4) is 0 Å². The lowest BCUT2D eigenvalue weighted by atomic mass is 10.1. The minimum absolute atomic E-state index is 0.257. The Kier molecular flexibility index (Phi) is 1.84. The summed E-state index contributed by atoms with van der Waals surface area (Å²) in [6.07, 6.45) is 2.33. The van der Waals surface area contributed by atoms with Crippen LogP contribution < -0.4 is 5.32 Å². The summed E-state index contributed by atoms with van der Waals surface area (Å²) in [4.78, 5) is 14.2. The molecule has 0 saturated heterocycles. The van der Waals surface area contributed by atoms with E-state index in [2.05, 4.69) is 10.3 Å². The first-order valence-corrected chi connectivity index (χ1v) is 5.02. The zero-order valence-corrected chi connectivity index (χ0v) is 8.40. The van der Waals surface area contributed by atoms with E-state index in [9.17, 15) is 9.90 Å². The molecule has 0 bridgehead atoms. The molecule has 1 aromatic heterocycles. The second-order valence-corrected chi connectivity index (χ2v) is 3.76. The van der Waals surface area contributed by atoms with Gasteiger partial charge < -0.3 is 15.4 Å². The first kappa shape index (κ1) is 9.18. The summed E-state index contributed by atoms with van der Waals surface area (Å²) in [5, 5.41) is 13.1. The maximum absolute atomic E-state index is 11.1. The van der Waals surface area contributed by atoms with Crippen molar-refractivity contribution in [2.24, 2.45) is 0 Å². The summed E-state index contributed by atoms with van der Waals surface area (Å²) >= 11 is 0. The Labute approximate surface area is 91.6 Å². The Morgan fingerprint density at radius 2 is 2.06 bits per heavy atom. The molecule has 3 rings (SSSR count).